The van der Waals surface area contributed by atoms with E-state index in [-0.39, 0.29) is 0 Å². The van der Waals surface area contributed by atoms with E-state index in [4.69, 9.17) is 9.15 Å². The van der Waals surface area contributed by atoms with Crippen LogP contribution in [0, 0.1) is 0 Å². The van der Waals surface area contributed by atoms with Gasteiger partial charge in [0, 0.05) is 24.3 Å². The van der Waals surface area contributed by atoms with Gasteiger partial charge < -0.3 is 18.8 Å². The van der Waals surface area contributed by atoms with Crippen LogP contribution >= 0.6 is 0 Å². The van der Waals surface area contributed by atoms with Crippen LogP contribution in [0.4, 0.5) is 0 Å². The first-order valence-electron chi connectivity index (χ1n) is 9.84. The summed E-state index contributed by atoms with van der Waals surface area (Å²) in [6.45, 7) is 3.86. The number of fused-ring (bicyclic) bond motifs is 2. The summed E-state index contributed by atoms with van der Waals surface area (Å²) in [6.07, 6.45) is 6.21. The van der Waals surface area contributed by atoms with Crippen molar-refractivity contribution in [3.05, 3.63) is 60.3 Å². The van der Waals surface area contributed by atoms with Crippen LogP contribution in [-0.4, -0.2) is 45.7 Å². The molecule has 1 fully saturated rings. The van der Waals surface area contributed by atoms with Gasteiger partial charge in [-0.2, -0.15) is 0 Å². The fourth-order valence-electron chi connectivity index (χ4n) is 3.82. The first-order chi connectivity index (χ1) is 14.3. The predicted molar refractivity (Wildman–Crippen MR) is 109 cm³/mol. The quantitative estimate of drug-likeness (QED) is 0.417. The van der Waals surface area contributed by atoms with Gasteiger partial charge in [0.05, 0.1) is 11.7 Å². The maximum Gasteiger partial charge on any atom is 0.155 e. The molecule has 29 heavy (non-hydrogen) atoms. The van der Waals surface area contributed by atoms with Crippen molar-refractivity contribution >= 4 is 16.5 Å². The Morgan fingerprint density at radius 2 is 2.03 bits per heavy atom. The SMILES string of the molecule is O/N=c1\cc(-c2cc3cccn3cn2)oc2ccc(OCCN3CCCC3)cc12. The molecule has 148 valence electrons. The number of likely N-dealkylation sites (tertiary alicyclic amines) is 1. The van der Waals surface area contributed by atoms with Gasteiger partial charge in [-0.3, -0.25) is 4.90 Å². The van der Waals surface area contributed by atoms with Crippen LogP contribution in [0.15, 0.2) is 64.6 Å². The standard InChI is InChI=1S/C22H22N4O3/c27-24-19-14-22(20-12-16-4-3-9-26(16)15-23-20)29-21-6-5-17(13-18(19)21)28-11-10-25-7-1-2-8-25/h3-6,9,12-15,27H,1-2,7-8,10-11H2/b24-19+. The molecule has 4 aromatic rings. The van der Waals surface area contributed by atoms with Gasteiger partial charge in [0.25, 0.3) is 0 Å². The molecule has 0 bridgehead atoms. The molecular weight excluding hydrogens is 368 g/mol. The highest BCUT2D eigenvalue weighted by Crippen LogP contribution is 2.24. The molecule has 7 nitrogen and oxygen atoms in total. The number of rotatable bonds is 5. The van der Waals surface area contributed by atoms with Crippen LogP contribution in [-0.2, 0) is 0 Å². The van der Waals surface area contributed by atoms with Gasteiger partial charge in [0.2, 0.25) is 0 Å². The lowest BCUT2D eigenvalue weighted by Crippen LogP contribution is -2.25. The van der Waals surface area contributed by atoms with Gasteiger partial charge in [-0.05, 0) is 62.3 Å². The summed E-state index contributed by atoms with van der Waals surface area (Å²) >= 11 is 0. The Kier molecular flexibility index (Phi) is 4.65. The van der Waals surface area contributed by atoms with Gasteiger partial charge in [-0.15, -0.1) is 0 Å². The second-order valence-corrected chi connectivity index (χ2v) is 7.27. The minimum atomic E-state index is 0.420. The number of aromatic nitrogens is 2. The molecule has 0 unspecified atom stereocenters. The van der Waals surface area contributed by atoms with Crippen molar-refractivity contribution in [2.24, 2.45) is 5.16 Å². The van der Waals surface area contributed by atoms with Crippen molar-refractivity contribution in [1.29, 1.82) is 0 Å². The molecule has 0 atom stereocenters. The zero-order valence-corrected chi connectivity index (χ0v) is 16.0. The Labute approximate surface area is 167 Å². The van der Waals surface area contributed by atoms with E-state index in [2.05, 4.69) is 15.0 Å². The van der Waals surface area contributed by atoms with Gasteiger partial charge in [-0.1, -0.05) is 5.16 Å². The Hall–Kier alpha value is -3.32. The Balaban J connectivity index is 1.44. The average molecular weight is 390 g/mol. The van der Waals surface area contributed by atoms with Gasteiger partial charge in [-0.25, -0.2) is 4.98 Å². The molecule has 5 rings (SSSR count). The maximum absolute atomic E-state index is 9.57. The normalized spacial score (nSPS) is 15.5. The zero-order chi connectivity index (χ0) is 19.6. The minimum absolute atomic E-state index is 0.420. The summed E-state index contributed by atoms with van der Waals surface area (Å²) in [7, 11) is 0. The minimum Gasteiger partial charge on any atom is -0.492 e. The van der Waals surface area contributed by atoms with E-state index in [1.165, 1.54) is 12.8 Å². The summed E-state index contributed by atoms with van der Waals surface area (Å²) in [4.78, 5) is 6.85. The van der Waals surface area contributed by atoms with Crippen molar-refractivity contribution in [1.82, 2.24) is 14.3 Å². The Morgan fingerprint density at radius 3 is 2.90 bits per heavy atom. The second-order valence-electron chi connectivity index (χ2n) is 7.27. The largest absolute Gasteiger partial charge is 0.492 e. The fraction of sp³-hybridized carbons (Fsp3) is 0.273. The smallest absolute Gasteiger partial charge is 0.155 e. The van der Waals surface area contributed by atoms with Crippen LogP contribution < -0.4 is 10.1 Å². The predicted octanol–water partition coefficient (Wildman–Crippen LogP) is 3.51. The summed E-state index contributed by atoms with van der Waals surface area (Å²) in [5, 5.41) is 14.1. The zero-order valence-electron chi connectivity index (χ0n) is 16.0. The highest BCUT2D eigenvalue weighted by Gasteiger charge is 2.12. The van der Waals surface area contributed by atoms with E-state index >= 15 is 0 Å². The lowest BCUT2D eigenvalue weighted by Gasteiger charge is -2.15. The number of hydrogen-bond acceptors (Lipinski definition) is 6. The lowest BCUT2D eigenvalue weighted by molar-refractivity contribution is 0.238. The van der Waals surface area contributed by atoms with Gasteiger partial charge in [0.1, 0.15) is 29.0 Å². The Bertz CT molecular complexity index is 1220. The first kappa shape index (κ1) is 17.8. The molecule has 1 aliphatic rings. The third-order valence-electron chi connectivity index (χ3n) is 5.37. The van der Waals surface area contributed by atoms with E-state index in [1.54, 1.807) is 12.4 Å². The van der Waals surface area contributed by atoms with Crippen LogP contribution in [0.5, 0.6) is 5.75 Å². The third-order valence-corrected chi connectivity index (χ3v) is 5.37. The molecule has 4 heterocycles. The first-order valence-corrected chi connectivity index (χ1v) is 9.84. The molecule has 1 aromatic carbocycles. The van der Waals surface area contributed by atoms with Crippen LogP contribution in [0.25, 0.3) is 27.9 Å². The van der Waals surface area contributed by atoms with Crippen molar-refractivity contribution in [2.45, 2.75) is 12.8 Å². The molecular formula is C22H22N4O3. The van der Waals surface area contributed by atoms with E-state index in [0.717, 1.165) is 30.9 Å². The maximum atomic E-state index is 9.57. The van der Waals surface area contributed by atoms with E-state index in [9.17, 15) is 5.21 Å². The summed E-state index contributed by atoms with van der Waals surface area (Å²) in [5.74, 6) is 1.27. The highest BCUT2D eigenvalue weighted by molar-refractivity contribution is 5.80. The number of benzene rings is 1. The third kappa shape index (κ3) is 3.56. The van der Waals surface area contributed by atoms with E-state index in [1.807, 2.05) is 47.0 Å². The molecule has 0 saturated carbocycles. The molecule has 1 saturated heterocycles. The molecule has 0 aliphatic carbocycles. The summed E-state index contributed by atoms with van der Waals surface area (Å²) in [5.41, 5.74) is 2.29. The van der Waals surface area contributed by atoms with Crippen LogP contribution in [0.1, 0.15) is 12.8 Å². The number of nitrogens with zero attached hydrogens (tertiary/aromatic N) is 4. The van der Waals surface area contributed by atoms with Crippen molar-refractivity contribution in [3.8, 4) is 17.2 Å². The van der Waals surface area contributed by atoms with E-state index in [0.29, 0.717) is 34.4 Å². The monoisotopic (exact) mass is 390 g/mol. The summed E-state index contributed by atoms with van der Waals surface area (Å²) < 4.78 is 13.9. The van der Waals surface area contributed by atoms with Gasteiger partial charge in [0.15, 0.2) is 5.76 Å². The fourth-order valence-corrected chi connectivity index (χ4v) is 3.82. The average Bonchev–Trinajstić information content (AvgIpc) is 3.44. The van der Waals surface area contributed by atoms with Crippen molar-refractivity contribution in [3.63, 3.8) is 0 Å². The molecule has 0 radical (unpaired) electrons. The van der Waals surface area contributed by atoms with Gasteiger partial charge >= 0.3 is 0 Å². The summed E-state index contributed by atoms with van der Waals surface area (Å²) in [6, 6.07) is 13.2. The molecule has 0 amide bonds. The molecule has 1 N–H and O–H groups in total. The number of ether oxygens (including phenoxy) is 1. The molecule has 1 aliphatic heterocycles. The molecule has 3 aromatic heterocycles. The molecule has 0 spiro atoms. The van der Waals surface area contributed by atoms with Crippen molar-refractivity contribution < 1.29 is 14.4 Å². The Morgan fingerprint density at radius 1 is 1.14 bits per heavy atom. The van der Waals surface area contributed by atoms with E-state index < -0.39 is 0 Å². The van der Waals surface area contributed by atoms with Crippen LogP contribution in [0.2, 0.25) is 0 Å². The lowest BCUT2D eigenvalue weighted by atomic mass is 10.2. The highest BCUT2D eigenvalue weighted by atomic mass is 16.5. The second kappa shape index (κ2) is 7.60. The topological polar surface area (TPSA) is 75.5 Å². The van der Waals surface area contributed by atoms with Crippen molar-refractivity contribution in [2.75, 3.05) is 26.2 Å². The van der Waals surface area contributed by atoms with Crippen LogP contribution in [0.3, 0.4) is 0 Å². The molecule has 7 heteroatoms. The number of hydrogen-bond donors (Lipinski definition) is 1.